The van der Waals surface area contributed by atoms with E-state index in [2.05, 4.69) is 25.1 Å². The highest BCUT2D eigenvalue weighted by atomic mass is 16.5. The summed E-state index contributed by atoms with van der Waals surface area (Å²) in [6.45, 7) is 17.6. The van der Waals surface area contributed by atoms with Gasteiger partial charge in [-0.15, -0.1) is 0 Å². The Morgan fingerprint density at radius 2 is 1.83 bits per heavy atom. The average Bonchev–Trinajstić information content (AvgIpc) is 2.85. The molecule has 0 aromatic rings. The molecule has 0 aromatic carbocycles. The number of ether oxygens (including phenoxy) is 1. The Kier molecular flexibility index (Phi) is 6.52. The number of fused-ring (bicyclic) bond motifs is 2. The molecule has 0 radical (unpaired) electrons. The van der Waals surface area contributed by atoms with Crippen molar-refractivity contribution in [2.45, 2.75) is 38.8 Å². The lowest BCUT2D eigenvalue weighted by Crippen LogP contribution is -2.56. The molecule has 2 aliphatic rings. The topological polar surface area (TPSA) is 38.3 Å². The van der Waals surface area contributed by atoms with Crippen LogP contribution in [0.1, 0.15) is 27.2 Å². The molecular weight excluding hydrogens is 286 g/mol. The minimum absolute atomic E-state index is 0.0463. The van der Waals surface area contributed by atoms with Gasteiger partial charge in [-0.05, 0) is 35.6 Å². The van der Waals surface area contributed by atoms with Crippen LogP contribution in [0.5, 0.6) is 0 Å². The Balaban J connectivity index is 0.00000127. The maximum atomic E-state index is 12.6. The molecule has 0 spiro atoms. The number of esters is 1. The smallest absolute Gasteiger partial charge is 0.335 e. The van der Waals surface area contributed by atoms with E-state index < -0.39 is 5.54 Å². The fourth-order valence-electron chi connectivity index (χ4n) is 3.34. The monoisotopic (exact) mass is 313 g/mol. The van der Waals surface area contributed by atoms with Crippen LogP contribution in [-0.4, -0.2) is 24.7 Å². The predicted octanol–water partition coefficient (Wildman–Crippen LogP) is 4.03. The maximum Gasteiger partial charge on any atom is 0.335 e. The van der Waals surface area contributed by atoms with Crippen LogP contribution in [0, 0.1) is 0 Å². The fraction of sp³-hybridized carbons (Fsp3) is 0.350. The van der Waals surface area contributed by atoms with Crippen molar-refractivity contribution in [3.63, 3.8) is 0 Å². The first kappa shape index (κ1) is 18.9. The summed E-state index contributed by atoms with van der Waals surface area (Å²) in [5, 5.41) is 3.41. The summed E-state index contributed by atoms with van der Waals surface area (Å²) in [6, 6.07) is 0.0463. The molecule has 0 amide bonds. The van der Waals surface area contributed by atoms with Crippen LogP contribution < -0.4 is 5.32 Å². The molecule has 2 rings (SSSR count). The minimum atomic E-state index is -1.03. The van der Waals surface area contributed by atoms with Crippen LogP contribution in [0.4, 0.5) is 0 Å². The minimum Gasteiger partial charge on any atom is -0.467 e. The van der Waals surface area contributed by atoms with Crippen LogP contribution in [0.3, 0.4) is 0 Å². The molecule has 2 unspecified atom stereocenters. The van der Waals surface area contributed by atoms with E-state index >= 15 is 0 Å². The zero-order valence-corrected chi connectivity index (χ0v) is 14.6. The highest BCUT2D eigenvalue weighted by Gasteiger charge is 2.55. The van der Waals surface area contributed by atoms with Crippen molar-refractivity contribution in [1.29, 1.82) is 0 Å². The van der Waals surface area contributed by atoms with Gasteiger partial charge in [0.2, 0.25) is 0 Å². The van der Waals surface area contributed by atoms with E-state index in [1.54, 1.807) is 18.2 Å². The van der Waals surface area contributed by atoms with Crippen LogP contribution in [0.2, 0.25) is 0 Å². The molecule has 2 atom stereocenters. The highest BCUT2D eigenvalue weighted by molar-refractivity contribution is 5.94. The summed E-state index contributed by atoms with van der Waals surface area (Å²) >= 11 is 0. The second kappa shape index (κ2) is 7.93. The predicted molar refractivity (Wildman–Crippen MR) is 97.1 cm³/mol. The van der Waals surface area contributed by atoms with E-state index in [1.165, 1.54) is 7.11 Å². The molecule has 0 saturated heterocycles. The first-order chi connectivity index (χ1) is 11.1. The van der Waals surface area contributed by atoms with Gasteiger partial charge in [0.1, 0.15) is 0 Å². The van der Waals surface area contributed by atoms with Gasteiger partial charge in [-0.1, -0.05) is 64.0 Å². The van der Waals surface area contributed by atoms with E-state index in [1.807, 2.05) is 32.9 Å². The maximum absolute atomic E-state index is 12.6. The fourth-order valence-corrected chi connectivity index (χ4v) is 3.34. The van der Waals surface area contributed by atoms with Crippen molar-refractivity contribution >= 4 is 5.97 Å². The van der Waals surface area contributed by atoms with Crippen LogP contribution in [0.25, 0.3) is 0 Å². The quantitative estimate of drug-likeness (QED) is 0.779. The number of carbonyl (C=O) groups excluding carboxylic acids is 1. The lowest BCUT2D eigenvalue weighted by molar-refractivity contribution is -0.145. The van der Waals surface area contributed by atoms with Crippen molar-refractivity contribution in [2.24, 2.45) is 0 Å². The molecule has 3 heteroatoms. The second-order valence-electron chi connectivity index (χ2n) is 5.06. The van der Waals surface area contributed by atoms with Crippen molar-refractivity contribution in [3.05, 3.63) is 72.4 Å². The van der Waals surface area contributed by atoms with Crippen molar-refractivity contribution in [3.8, 4) is 0 Å². The number of allylic oxidation sites excluding steroid dienone is 2. The average molecular weight is 313 g/mol. The number of methoxy groups -OCH3 is 1. The SMILES string of the molecule is C=CC1=C(C=C)C2(C(=O)OC)NC(C1)C(/C=C\C)=C2C=C.CC. The molecule has 3 nitrogen and oxygen atoms in total. The van der Waals surface area contributed by atoms with Crippen LogP contribution in [0.15, 0.2) is 72.4 Å². The van der Waals surface area contributed by atoms with Gasteiger partial charge >= 0.3 is 5.97 Å². The highest BCUT2D eigenvalue weighted by Crippen LogP contribution is 2.46. The van der Waals surface area contributed by atoms with Gasteiger partial charge in [-0.3, -0.25) is 5.32 Å². The van der Waals surface area contributed by atoms with Gasteiger partial charge in [0.25, 0.3) is 0 Å². The molecule has 0 aromatic heterocycles. The molecule has 2 heterocycles. The first-order valence-electron chi connectivity index (χ1n) is 7.95. The number of rotatable bonds is 5. The Hall–Kier alpha value is -2.13. The number of hydrogen-bond acceptors (Lipinski definition) is 3. The zero-order chi connectivity index (χ0) is 17.6. The third kappa shape index (κ3) is 2.77. The van der Waals surface area contributed by atoms with Crippen molar-refractivity contribution < 1.29 is 9.53 Å². The molecule has 0 fully saturated rings. The van der Waals surface area contributed by atoms with E-state index in [9.17, 15) is 4.79 Å². The van der Waals surface area contributed by atoms with Gasteiger partial charge in [-0.2, -0.15) is 0 Å². The lowest BCUT2D eigenvalue weighted by Gasteiger charge is -2.36. The van der Waals surface area contributed by atoms with Gasteiger partial charge < -0.3 is 4.74 Å². The molecule has 1 N–H and O–H groups in total. The lowest BCUT2D eigenvalue weighted by atomic mass is 9.79. The van der Waals surface area contributed by atoms with Gasteiger partial charge in [0, 0.05) is 6.04 Å². The number of carbonyl (C=O) groups is 1. The third-order valence-corrected chi connectivity index (χ3v) is 4.15. The first-order valence-corrected chi connectivity index (χ1v) is 7.95. The molecule has 2 aliphatic heterocycles. The summed E-state index contributed by atoms with van der Waals surface area (Å²) in [6.07, 6.45) is 9.98. The van der Waals surface area contributed by atoms with Crippen LogP contribution >= 0.6 is 0 Å². The molecular formula is C20H27NO2. The van der Waals surface area contributed by atoms with Gasteiger partial charge in [0.15, 0.2) is 5.54 Å². The molecule has 124 valence electrons. The molecule has 23 heavy (non-hydrogen) atoms. The van der Waals surface area contributed by atoms with E-state index in [-0.39, 0.29) is 12.0 Å². The zero-order valence-electron chi connectivity index (χ0n) is 14.6. The summed E-state index contributed by atoms with van der Waals surface area (Å²) in [5.41, 5.74) is 2.69. The largest absolute Gasteiger partial charge is 0.467 e. The third-order valence-electron chi connectivity index (χ3n) is 4.15. The number of hydrogen-bond donors (Lipinski definition) is 1. The Labute approximate surface area is 139 Å². The van der Waals surface area contributed by atoms with Crippen molar-refractivity contribution in [2.75, 3.05) is 7.11 Å². The number of nitrogens with one attached hydrogen (secondary N) is 1. The summed E-state index contributed by atoms with van der Waals surface area (Å²) in [5.74, 6) is -0.351. The molecule has 2 bridgehead atoms. The molecule has 0 saturated carbocycles. The van der Waals surface area contributed by atoms with Gasteiger partial charge in [0.05, 0.1) is 7.11 Å². The van der Waals surface area contributed by atoms with E-state index in [4.69, 9.17) is 4.74 Å². The normalized spacial score (nSPS) is 25.8. The van der Waals surface area contributed by atoms with E-state index in [0.717, 1.165) is 28.7 Å². The Morgan fingerprint density at radius 3 is 2.26 bits per heavy atom. The summed E-state index contributed by atoms with van der Waals surface area (Å²) < 4.78 is 5.07. The van der Waals surface area contributed by atoms with Gasteiger partial charge in [-0.25, -0.2) is 4.79 Å². The second-order valence-corrected chi connectivity index (χ2v) is 5.06. The summed E-state index contributed by atoms with van der Waals surface area (Å²) in [4.78, 5) is 12.6. The van der Waals surface area contributed by atoms with Crippen molar-refractivity contribution in [1.82, 2.24) is 5.32 Å². The summed E-state index contributed by atoms with van der Waals surface area (Å²) in [7, 11) is 1.39. The Morgan fingerprint density at radius 1 is 1.22 bits per heavy atom. The standard InChI is InChI=1S/C18H21NO2.C2H6/c1-6-10-13-15(9-4)18(17(20)21-5)14(8-3)12(7-2)11-16(13)19-18;1-2/h6-10,16,19H,2-4,11H2,1,5H3;1-2H3/b10-6-;. The van der Waals surface area contributed by atoms with E-state index in [0.29, 0.717) is 0 Å². The Bertz CT molecular complexity index is 607. The molecule has 0 aliphatic carbocycles. The van der Waals surface area contributed by atoms with Crippen LogP contribution in [-0.2, 0) is 9.53 Å².